The van der Waals surface area contributed by atoms with E-state index in [1.165, 1.54) is 0 Å². The number of hydrogen-bond acceptors (Lipinski definition) is 2. The van der Waals surface area contributed by atoms with Crippen LogP contribution < -0.4 is 0 Å². The predicted molar refractivity (Wildman–Crippen MR) is 93.5 cm³/mol. The fourth-order valence-corrected chi connectivity index (χ4v) is 3.14. The second-order valence-electron chi connectivity index (χ2n) is 5.46. The van der Waals surface area contributed by atoms with Crippen LogP contribution in [0, 0.1) is 10.1 Å². The molecule has 0 aromatic heterocycles. The molecule has 3 nitrogen and oxygen atoms in total. The monoisotopic (exact) mass is 299 g/mol. The summed E-state index contributed by atoms with van der Waals surface area (Å²) in [5, 5.41) is 15.2. The summed E-state index contributed by atoms with van der Waals surface area (Å²) in [5.74, 6) is 0. The minimum absolute atomic E-state index is 0.143. The lowest BCUT2D eigenvalue weighted by Gasteiger charge is -2.10. The highest BCUT2D eigenvalue weighted by atomic mass is 16.6. The van der Waals surface area contributed by atoms with Crippen LogP contribution in [0.4, 0.5) is 5.69 Å². The number of benzene rings is 4. The molecule has 0 fully saturated rings. The first kappa shape index (κ1) is 13.5. The number of rotatable bonds is 2. The lowest BCUT2D eigenvalue weighted by Crippen LogP contribution is -1.91. The van der Waals surface area contributed by atoms with Gasteiger partial charge in [0.2, 0.25) is 0 Å². The van der Waals surface area contributed by atoms with Gasteiger partial charge in [-0.15, -0.1) is 0 Å². The molecule has 0 aliphatic carbocycles. The lowest BCUT2D eigenvalue weighted by molar-refractivity contribution is -0.383. The molecule has 0 saturated heterocycles. The number of non-ortho nitro benzene ring substituents is 1. The smallest absolute Gasteiger partial charge is 0.258 e. The topological polar surface area (TPSA) is 43.1 Å². The van der Waals surface area contributed by atoms with Gasteiger partial charge in [0.15, 0.2) is 0 Å². The molecule has 0 unspecified atom stereocenters. The number of nitro groups is 1. The van der Waals surface area contributed by atoms with E-state index in [2.05, 4.69) is 24.3 Å². The van der Waals surface area contributed by atoms with Crippen molar-refractivity contribution in [3.8, 4) is 11.1 Å². The van der Waals surface area contributed by atoms with Crippen LogP contribution in [0.2, 0.25) is 0 Å². The molecule has 0 radical (unpaired) electrons. The van der Waals surface area contributed by atoms with Gasteiger partial charge >= 0.3 is 0 Å². The Morgan fingerprint density at radius 3 is 2.00 bits per heavy atom. The third-order valence-corrected chi connectivity index (χ3v) is 4.18. The largest absolute Gasteiger partial charge is 0.277 e. The Morgan fingerprint density at radius 2 is 1.22 bits per heavy atom. The average molecular weight is 299 g/mol. The van der Waals surface area contributed by atoms with E-state index < -0.39 is 0 Å². The van der Waals surface area contributed by atoms with Gasteiger partial charge in [-0.25, -0.2) is 0 Å². The molecule has 4 aromatic rings. The van der Waals surface area contributed by atoms with Gasteiger partial charge < -0.3 is 0 Å². The standard InChI is InChI=1S/C20H13NO2/c22-21(23)20-13-12-18(17-9-3-4-10-19(17)20)16-11-5-7-14-6-1-2-8-15(14)16/h1-13H. The van der Waals surface area contributed by atoms with Gasteiger partial charge in [-0.1, -0.05) is 60.7 Å². The zero-order chi connectivity index (χ0) is 15.8. The minimum Gasteiger partial charge on any atom is -0.258 e. The van der Waals surface area contributed by atoms with Gasteiger partial charge in [-0.05, 0) is 39.4 Å². The molecule has 0 amide bonds. The van der Waals surface area contributed by atoms with Crippen molar-refractivity contribution in [3.05, 3.63) is 89.0 Å². The van der Waals surface area contributed by atoms with Crippen molar-refractivity contribution in [2.24, 2.45) is 0 Å². The maximum atomic E-state index is 11.3. The maximum absolute atomic E-state index is 11.3. The zero-order valence-corrected chi connectivity index (χ0v) is 12.3. The summed E-state index contributed by atoms with van der Waals surface area (Å²) in [5.41, 5.74) is 2.25. The van der Waals surface area contributed by atoms with Gasteiger partial charge in [-0.3, -0.25) is 10.1 Å². The molecule has 3 heteroatoms. The minimum atomic E-state index is -0.324. The molecule has 0 saturated carbocycles. The molecule has 0 bridgehead atoms. The molecular weight excluding hydrogens is 286 g/mol. The van der Waals surface area contributed by atoms with Crippen molar-refractivity contribution in [2.75, 3.05) is 0 Å². The number of hydrogen-bond donors (Lipinski definition) is 0. The van der Waals surface area contributed by atoms with Gasteiger partial charge in [0.25, 0.3) is 5.69 Å². The normalized spacial score (nSPS) is 11.0. The van der Waals surface area contributed by atoms with E-state index in [1.807, 2.05) is 48.5 Å². The highest BCUT2D eigenvalue weighted by Gasteiger charge is 2.15. The van der Waals surface area contributed by atoms with Crippen LogP contribution in [0.3, 0.4) is 0 Å². The fourth-order valence-electron chi connectivity index (χ4n) is 3.14. The molecule has 0 aliphatic heterocycles. The Kier molecular flexibility index (Phi) is 3.05. The van der Waals surface area contributed by atoms with Crippen LogP contribution >= 0.6 is 0 Å². The lowest BCUT2D eigenvalue weighted by atomic mass is 9.93. The predicted octanol–water partition coefficient (Wildman–Crippen LogP) is 5.57. The summed E-state index contributed by atoms with van der Waals surface area (Å²) in [6, 6.07) is 25.3. The number of nitro benzene ring substituents is 1. The summed E-state index contributed by atoms with van der Waals surface area (Å²) < 4.78 is 0. The molecule has 110 valence electrons. The number of fused-ring (bicyclic) bond motifs is 2. The third kappa shape index (κ3) is 2.14. The van der Waals surface area contributed by atoms with Crippen molar-refractivity contribution >= 4 is 27.2 Å². The van der Waals surface area contributed by atoms with Crippen LogP contribution in [0.15, 0.2) is 78.9 Å². The van der Waals surface area contributed by atoms with Crippen molar-refractivity contribution in [3.63, 3.8) is 0 Å². The van der Waals surface area contributed by atoms with Gasteiger partial charge in [-0.2, -0.15) is 0 Å². The van der Waals surface area contributed by atoms with E-state index in [0.29, 0.717) is 5.39 Å². The SMILES string of the molecule is O=[N+]([O-])c1ccc(-c2cccc3ccccc23)c2ccccc12. The Hall–Kier alpha value is -3.20. The Morgan fingerprint density at radius 1 is 0.609 bits per heavy atom. The highest BCUT2D eigenvalue weighted by Crippen LogP contribution is 2.37. The first-order valence-electron chi connectivity index (χ1n) is 7.40. The molecule has 0 spiro atoms. The van der Waals surface area contributed by atoms with Crippen LogP contribution in [-0.2, 0) is 0 Å². The third-order valence-electron chi connectivity index (χ3n) is 4.18. The van der Waals surface area contributed by atoms with Gasteiger partial charge in [0.05, 0.1) is 10.3 Å². The van der Waals surface area contributed by atoms with Gasteiger partial charge in [0.1, 0.15) is 0 Å². The van der Waals surface area contributed by atoms with E-state index >= 15 is 0 Å². The summed E-state index contributed by atoms with van der Waals surface area (Å²) in [6.45, 7) is 0. The quantitative estimate of drug-likeness (QED) is 0.359. The van der Waals surface area contributed by atoms with E-state index in [9.17, 15) is 10.1 Å². The molecule has 0 atom stereocenters. The van der Waals surface area contributed by atoms with Crippen molar-refractivity contribution in [1.82, 2.24) is 0 Å². The molecule has 0 aliphatic rings. The summed E-state index contributed by atoms with van der Waals surface area (Å²) >= 11 is 0. The van der Waals surface area contributed by atoms with E-state index in [-0.39, 0.29) is 10.6 Å². The van der Waals surface area contributed by atoms with Crippen molar-refractivity contribution < 1.29 is 4.92 Å². The van der Waals surface area contributed by atoms with E-state index in [4.69, 9.17) is 0 Å². The van der Waals surface area contributed by atoms with Gasteiger partial charge in [0, 0.05) is 6.07 Å². The first-order valence-corrected chi connectivity index (χ1v) is 7.40. The first-order chi connectivity index (χ1) is 11.3. The van der Waals surface area contributed by atoms with Crippen LogP contribution in [0.5, 0.6) is 0 Å². The second kappa shape index (κ2) is 5.21. The van der Waals surface area contributed by atoms with E-state index in [0.717, 1.165) is 27.3 Å². The molecule has 23 heavy (non-hydrogen) atoms. The summed E-state index contributed by atoms with van der Waals surface area (Å²) in [4.78, 5) is 11.0. The summed E-state index contributed by atoms with van der Waals surface area (Å²) in [7, 11) is 0. The van der Waals surface area contributed by atoms with Crippen LogP contribution in [0.25, 0.3) is 32.7 Å². The zero-order valence-electron chi connectivity index (χ0n) is 12.3. The Balaban J connectivity index is 2.10. The average Bonchev–Trinajstić information content (AvgIpc) is 2.60. The maximum Gasteiger partial charge on any atom is 0.277 e. The Labute approximate surface area is 133 Å². The highest BCUT2D eigenvalue weighted by molar-refractivity contribution is 6.07. The molecule has 4 rings (SSSR count). The van der Waals surface area contributed by atoms with Crippen molar-refractivity contribution in [2.45, 2.75) is 0 Å². The van der Waals surface area contributed by atoms with Crippen LogP contribution in [0.1, 0.15) is 0 Å². The Bertz CT molecular complexity index is 1050. The van der Waals surface area contributed by atoms with Crippen LogP contribution in [-0.4, -0.2) is 4.92 Å². The molecule has 0 N–H and O–H groups in total. The number of nitrogens with zero attached hydrogens (tertiary/aromatic N) is 1. The summed E-state index contributed by atoms with van der Waals surface area (Å²) in [6.07, 6.45) is 0. The fraction of sp³-hybridized carbons (Fsp3) is 0. The molecular formula is C20H13NO2. The molecule has 4 aromatic carbocycles. The second-order valence-corrected chi connectivity index (χ2v) is 5.46. The molecule has 0 heterocycles. The van der Waals surface area contributed by atoms with Crippen molar-refractivity contribution in [1.29, 1.82) is 0 Å². The van der Waals surface area contributed by atoms with E-state index in [1.54, 1.807) is 6.07 Å².